The number of rotatable bonds is 3. The molecule has 0 aromatic heterocycles. The van der Waals surface area contributed by atoms with Crippen LogP contribution in [0.2, 0.25) is 0 Å². The fourth-order valence-corrected chi connectivity index (χ4v) is 3.29. The van der Waals surface area contributed by atoms with Crippen LogP contribution in [0.15, 0.2) is 0 Å². The van der Waals surface area contributed by atoms with E-state index in [9.17, 15) is 0 Å². The van der Waals surface area contributed by atoms with Crippen LogP contribution in [0.1, 0.15) is 19.3 Å². The van der Waals surface area contributed by atoms with E-state index >= 15 is 0 Å². The predicted molar refractivity (Wildman–Crippen MR) is 59.1 cm³/mol. The molecule has 0 aromatic rings. The Labute approximate surface area is 86.3 Å². The summed E-state index contributed by atoms with van der Waals surface area (Å²) in [6, 6.07) is 0. The van der Waals surface area contributed by atoms with Gasteiger partial charge >= 0.3 is 0 Å². The normalized spacial score (nSPS) is 39.7. The fourth-order valence-electron chi connectivity index (χ4n) is 3.03. The highest BCUT2D eigenvalue weighted by Gasteiger charge is 2.47. The van der Waals surface area contributed by atoms with E-state index in [1.54, 1.807) is 0 Å². The molecule has 1 saturated heterocycles. The molecule has 1 saturated carbocycles. The van der Waals surface area contributed by atoms with Gasteiger partial charge in [0.05, 0.1) is 0 Å². The molecule has 1 spiro atoms. The molecule has 13 heavy (non-hydrogen) atoms. The van der Waals surface area contributed by atoms with E-state index in [1.807, 2.05) is 0 Å². The SMILES string of the molecule is NCCN1CCC2(CC(CS)C2)C1. The van der Waals surface area contributed by atoms with Crippen LogP contribution in [0.3, 0.4) is 0 Å². The maximum atomic E-state index is 5.56. The standard InChI is InChI=1S/C10H20N2S/c11-2-4-12-3-1-10(8-12)5-9(6-10)7-13/h9,13H,1-8,11H2. The van der Waals surface area contributed by atoms with Gasteiger partial charge in [0.25, 0.3) is 0 Å². The Morgan fingerprint density at radius 3 is 2.85 bits per heavy atom. The largest absolute Gasteiger partial charge is 0.329 e. The second-order valence-electron chi connectivity index (χ2n) is 4.77. The minimum Gasteiger partial charge on any atom is -0.329 e. The van der Waals surface area contributed by atoms with Crippen molar-refractivity contribution in [2.24, 2.45) is 17.1 Å². The van der Waals surface area contributed by atoms with Crippen LogP contribution in [-0.2, 0) is 0 Å². The number of thiol groups is 1. The number of hydrogen-bond acceptors (Lipinski definition) is 3. The van der Waals surface area contributed by atoms with Crippen LogP contribution in [0.5, 0.6) is 0 Å². The smallest absolute Gasteiger partial charge is 0.0105 e. The van der Waals surface area contributed by atoms with Gasteiger partial charge in [-0.25, -0.2) is 0 Å². The molecule has 0 atom stereocenters. The lowest BCUT2D eigenvalue weighted by molar-refractivity contribution is 0.0784. The van der Waals surface area contributed by atoms with Crippen molar-refractivity contribution in [2.45, 2.75) is 19.3 Å². The third-order valence-corrected chi connectivity index (χ3v) is 4.18. The van der Waals surface area contributed by atoms with Crippen molar-refractivity contribution in [3.05, 3.63) is 0 Å². The third-order valence-electron chi connectivity index (χ3n) is 3.66. The summed E-state index contributed by atoms with van der Waals surface area (Å²) in [5.74, 6) is 1.99. The van der Waals surface area contributed by atoms with Crippen molar-refractivity contribution < 1.29 is 0 Å². The molecule has 3 heteroatoms. The second-order valence-corrected chi connectivity index (χ2v) is 5.14. The van der Waals surface area contributed by atoms with Crippen LogP contribution in [0.4, 0.5) is 0 Å². The Morgan fingerprint density at radius 1 is 1.46 bits per heavy atom. The van der Waals surface area contributed by atoms with Gasteiger partial charge in [0.1, 0.15) is 0 Å². The summed E-state index contributed by atoms with van der Waals surface area (Å²) < 4.78 is 0. The average Bonchev–Trinajstić information content (AvgIpc) is 2.46. The summed E-state index contributed by atoms with van der Waals surface area (Å²) in [7, 11) is 0. The maximum Gasteiger partial charge on any atom is 0.0105 e. The molecule has 2 N–H and O–H groups in total. The molecule has 76 valence electrons. The minimum absolute atomic E-state index is 0.683. The molecule has 1 aliphatic carbocycles. The second kappa shape index (κ2) is 3.79. The van der Waals surface area contributed by atoms with E-state index in [1.165, 1.54) is 32.4 Å². The van der Waals surface area contributed by atoms with E-state index < -0.39 is 0 Å². The molecule has 0 bridgehead atoms. The van der Waals surface area contributed by atoms with Gasteiger partial charge in [-0.2, -0.15) is 12.6 Å². The molecular weight excluding hydrogens is 180 g/mol. The van der Waals surface area contributed by atoms with Gasteiger partial charge < -0.3 is 10.6 Å². The van der Waals surface area contributed by atoms with Gasteiger partial charge in [-0.1, -0.05) is 0 Å². The first kappa shape index (κ1) is 9.81. The molecule has 0 unspecified atom stereocenters. The van der Waals surface area contributed by atoms with Crippen molar-refractivity contribution in [1.82, 2.24) is 4.90 Å². The first-order chi connectivity index (χ1) is 6.28. The Morgan fingerprint density at radius 2 is 2.23 bits per heavy atom. The average molecular weight is 200 g/mol. The zero-order chi connectivity index (χ0) is 9.31. The Kier molecular flexibility index (Phi) is 2.86. The Balaban J connectivity index is 1.79. The molecule has 1 aliphatic heterocycles. The molecule has 0 radical (unpaired) electrons. The quantitative estimate of drug-likeness (QED) is 0.665. The van der Waals surface area contributed by atoms with Gasteiger partial charge in [0.15, 0.2) is 0 Å². The van der Waals surface area contributed by atoms with Crippen LogP contribution < -0.4 is 5.73 Å². The maximum absolute atomic E-state index is 5.56. The van der Waals surface area contributed by atoms with Crippen molar-refractivity contribution in [2.75, 3.05) is 31.9 Å². The van der Waals surface area contributed by atoms with Gasteiger partial charge in [0.2, 0.25) is 0 Å². The fraction of sp³-hybridized carbons (Fsp3) is 1.00. The number of hydrogen-bond donors (Lipinski definition) is 2. The highest BCUT2D eigenvalue weighted by molar-refractivity contribution is 7.80. The molecule has 2 fully saturated rings. The van der Waals surface area contributed by atoms with Crippen molar-refractivity contribution in [3.8, 4) is 0 Å². The lowest BCUT2D eigenvalue weighted by Crippen LogP contribution is -2.41. The van der Waals surface area contributed by atoms with Crippen molar-refractivity contribution >= 4 is 12.6 Å². The summed E-state index contributed by atoms with van der Waals surface area (Å²) in [5.41, 5.74) is 6.24. The van der Waals surface area contributed by atoms with Crippen LogP contribution in [-0.4, -0.2) is 36.8 Å². The highest BCUT2D eigenvalue weighted by atomic mass is 32.1. The molecule has 0 aromatic carbocycles. The zero-order valence-electron chi connectivity index (χ0n) is 8.21. The van der Waals surface area contributed by atoms with Gasteiger partial charge in [-0.05, 0) is 42.9 Å². The number of likely N-dealkylation sites (tertiary alicyclic amines) is 1. The van der Waals surface area contributed by atoms with Crippen molar-refractivity contribution in [3.63, 3.8) is 0 Å². The Bertz CT molecular complexity index is 178. The summed E-state index contributed by atoms with van der Waals surface area (Å²) in [6.07, 6.45) is 4.23. The summed E-state index contributed by atoms with van der Waals surface area (Å²) in [5, 5.41) is 0. The van der Waals surface area contributed by atoms with Crippen LogP contribution in [0, 0.1) is 11.3 Å². The van der Waals surface area contributed by atoms with Gasteiger partial charge in [-0.15, -0.1) is 0 Å². The molecular formula is C10H20N2S. The minimum atomic E-state index is 0.683. The summed E-state index contributed by atoms with van der Waals surface area (Å²) in [6.45, 7) is 4.48. The van der Waals surface area contributed by atoms with E-state index in [0.29, 0.717) is 5.41 Å². The van der Waals surface area contributed by atoms with Gasteiger partial charge in [0, 0.05) is 19.6 Å². The van der Waals surface area contributed by atoms with Crippen LogP contribution in [0.25, 0.3) is 0 Å². The molecule has 0 amide bonds. The third kappa shape index (κ3) is 1.88. The lowest BCUT2D eigenvalue weighted by atomic mass is 9.62. The molecule has 2 nitrogen and oxygen atoms in total. The summed E-state index contributed by atoms with van der Waals surface area (Å²) in [4.78, 5) is 2.52. The molecule has 1 heterocycles. The molecule has 2 rings (SSSR count). The van der Waals surface area contributed by atoms with E-state index in [0.717, 1.165) is 24.8 Å². The predicted octanol–water partition coefficient (Wildman–Crippen LogP) is 0.977. The number of nitrogens with two attached hydrogens (primary N) is 1. The first-order valence-corrected chi connectivity index (χ1v) is 5.94. The monoisotopic (exact) mass is 200 g/mol. The Hall–Kier alpha value is 0.270. The lowest BCUT2D eigenvalue weighted by Gasteiger charge is -2.45. The van der Waals surface area contributed by atoms with Crippen LogP contribution >= 0.6 is 12.6 Å². The first-order valence-electron chi connectivity index (χ1n) is 5.31. The van der Waals surface area contributed by atoms with E-state index in [2.05, 4.69) is 17.5 Å². The number of nitrogens with zero attached hydrogens (tertiary/aromatic N) is 1. The zero-order valence-corrected chi connectivity index (χ0v) is 9.10. The highest BCUT2D eigenvalue weighted by Crippen LogP contribution is 2.51. The van der Waals surface area contributed by atoms with E-state index in [-0.39, 0.29) is 0 Å². The summed E-state index contributed by atoms with van der Waals surface area (Å²) >= 11 is 4.35. The van der Waals surface area contributed by atoms with E-state index in [4.69, 9.17) is 5.73 Å². The topological polar surface area (TPSA) is 29.3 Å². The van der Waals surface area contributed by atoms with Crippen molar-refractivity contribution in [1.29, 1.82) is 0 Å². The van der Waals surface area contributed by atoms with Gasteiger partial charge in [-0.3, -0.25) is 0 Å². The molecule has 2 aliphatic rings.